The van der Waals surface area contributed by atoms with E-state index >= 15 is 0 Å². The fourth-order valence-electron chi connectivity index (χ4n) is 2.50. The van der Waals surface area contributed by atoms with Crippen molar-refractivity contribution in [3.8, 4) is 11.5 Å². The van der Waals surface area contributed by atoms with Crippen LogP contribution in [0.1, 0.15) is 44.6 Å². The van der Waals surface area contributed by atoms with Gasteiger partial charge in [0.05, 0.1) is 9.88 Å². The first-order valence-corrected chi connectivity index (χ1v) is 10.8. The number of nitrogens with zero attached hydrogens (tertiary/aromatic N) is 1. The van der Waals surface area contributed by atoms with E-state index in [-0.39, 0.29) is 17.4 Å². The third kappa shape index (κ3) is 6.48. The second-order valence-corrected chi connectivity index (χ2v) is 9.56. The average molecular weight is 471 g/mol. The molecular weight excluding hydrogens is 448 g/mol. The van der Waals surface area contributed by atoms with Crippen molar-refractivity contribution in [3.63, 3.8) is 0 Å². The average Bonchev–Trinajstić information content (AvgIpc) is 2.85. The summed E-state index contributed by atoms with van der Waals surface area (Å²) in [7, 11) is 0. The van der Waals surface area contributed by atoms with Gasteiger partial charge in [0.15, 0.2) is 15.5 Å². The van der Waals surface area contributed by atoms with Crippen LogP contribution in [0.25, 0.3) is 12.7 Å². The molecule has 0 saturated carbocycles. The van der Waals surface area contributed by atoms with Gasteiger partial charge in [-0.05, 0) is 48.8 Å². The highest BCUT2D eigenvalue weighted by Gasteiger charge is 2.06. The molecule has 1 heterocycles. The maximum absolute atomic E-state index is 12.2. The number of rotatable bonds is 8. The molecule has 0 aliphatic rings. The molecule has 0 spiro atoms. The van der Waals surface area contributed by atoms with Crippen molar-refractivity contribution in [2.45, 2.75) is 43.9 Å². The fourth-order valence-corrected chi connectivity index (χ4v) is 4.08. The number of aromatic nitrogens is 1. The Morgan fingerprint density at radius 1 is 1.37 bits per heavy atom. The van der Waals surface area contributed by atoms with Crippen LogP contribution >= 0.6 is 39.5 Å². The quantitative estimate of drug-likeness (QED) is 0.237. The molecule has 3 N–H and O–H groups in total. The number of halogens is 1. The summed E-state index contributed by atoms with van der Waals surface area (Å²) < 4.78 is 2.79. The normalized spacial score (nSPS) is 12.9. The number of hydrogen-bond donors (Lipinski definition) is 3. The van der Waals surface area contributed by atoms with Gasteiger partial charge in [-0.1, -0.05) is 48.3 Å². The van der Waals surface area contributed by atoms with E-state index in [1.165, 1.54) is 28.1 Å². The predicted octanol–water partition coefficient (Wildman–Crippen LogP) is 3.73. The first-order valence-electron chi connectivity index (χ1n) is 8.66. The summed E-state index contributed by atoms with van der Waals surface area (Å²) in [4.78, 5) is 12.7. The number of aromatic hydroxyl groups is 2. The molecule has 2 aromatic rings. The molecule has 2 rings (SSSR count). The van der Waals surface area contributed by atoms with Gasteiger partial charge in [-0.3, -0.25) is 10.2 Å². The Morgan fingerprint density at radius 3 is 2.78 bits per heavy atom. The Bertz CT molecular complexity index is 966. The van der Waals surface area contributed by atoms with Crippen molar-refractivity contribution < 1.29 is 15.0 Å². The molecule has 8 heteroatoms. The molecule has 1 aromatic carbocycles. The van der Waals surface area contributed by atoms with Gasteiger partial charge >= 0.3 is 0 Å². The van der Waals surface area contributed by atoms with Crippen LogP contribution in [0.2, 0.25) is 0 Å². The summed E-state index contributed by atoms with van der Waals surface area (Å²) in [6.45, 7) is 6.12. The monoisotopic (exact) mass is 470 g/mol. The van der Waals surface area contributed by atoms with Crippen LogP contribution in [-0.4, -0.2) is 25.6 Å². The van der Waals surface area contributed by atoms with E-state index in [1.807, 2.05) is 0 Å². The molecule has 27 heavy (non-hydrogen) atoms. The zero-order chi connectivity index (χ0) is 20.0. The van der Waals surface area contributed by atoms with Crippen LogP contribution in [0, 0.1) is 3.95 Å². The SMILES string of the molecule is C=c1/c(=C/c2ccc(O)c(O)c2)sc(=S)n1NC(=O)CCCCCC(C)Br. The molecule has 0 radical (unpaired) electrons. The summed E-state index contributed by atoms with van der Waals surface area (Å²) in [5, 5.41) is 19.6. The van der Waals surface area contributed by atoms with E-state index in [0.717, 1.165) is 30.2 Å². The zero-order valence-corrected chi connectivity index (χ0v) is 18.3. The number of benzene rings is 1. The number of carbonyl (C=O) groups excluding carboxylic acids is 1. The van der Waals surface area contributed by atoms with Gasteiger partial charge < -0.3 is 10.2 Å². The lowest BCUT2D eigenvalue weighted by molar-refractivity contribution is -0.117. The molecule has 0 bridgehead atoms. The maximum Gasteiger partial charge on any atom is 0.238 e. The molecule has 0 aliphatic heterocycles. The Kier molecular flexibility index (Phi) is 8.07. The number of hydrogen-bond acceptors (Lipinski definition) is 5. The number of thiazole rings is 1. The van der Waals surface area contributed by atoms with Gasteiger partial charge in [-0.15, -0.1) is 11.3 Å². The highest BCUT2D eigenvalue weighted by molar-refractivity contribution is 9.09. The van der Waals surface area contributed by atoms with Crippen molar-refractivity contribution in [3.05, 3.63) is 37.6 Å². The molecule has 1 aromatic heterocycles. The summed E-state index contributed by atoms with van der Waals surface area (Å²) in [6.07, 6.45) is 6.29. The third-order valence-electron chi connectivity index (χ3n) is 3.97. The van der Waals surface area contributed by atoms with Crippen LogP contribution in [0.3, 0.4) is 0 Å². The molecule has 0 saturated heterocycles. The standard InChI is InChI=1S/C19H23BrN2O3S2/c1-12(20)6-4-3-5-7-18(25)21-22-13(2)17(27-19(22)26)11-14-8-9-15(23)16(24)10-14/h8-12,23-24H,2-7H2,1H3,(H,21,25)/b17-11-. The number of phenols is 2. The number of carbonyl (C=O) groups is 1. The van der Waals surface area contributed by atoms with E-state index in [2.05, 4.69) is 34.9 Å². The van der Waals surface area contributed by atoms with Crippen LogP contribution in [0.15, 0.2) is 18.2 Å². The lowest BCUT2D eigenvalue weighted by atomic mass is 10.1. The van der Waals surface area contributed by atoms with Crippen molar-refractivity contribution in [1.82, 2.24) is 4.68 Å². The van der Waals surface area contributed by atoms with Crippen LogP contribution < -0.4 is 15.3 Å². The third-order valence-corrected chi connectivity index (χ3v) is 5.79. The Balaban J connectivity index is 2.06. The van der Waals surface area contributed by atoms with Gasteiger partial charge in [0.2, 0.25) is 5.91 Å². The highest BCUT2D eigenvalue weighted by atomic mass is 79.9. The second kappa shape index (κ2) is 10.1. The lowest BCUT2D eigenvalue weighted by Crippen LogP contribution is -2.35. The van der Waals surface area contributed by atoms with Gasteiger partial charge in [0, 0.05) is 11.2 Å². The highest BCUT2D eigenvalue weighted by Crippen LogP contribution is 2.25. The molecule has 0 fully saturated rings. The second-order valence-electron chi connectivity index (χ2n) is 6.32. The Hall–Kier alpha value is -1.64. The maximum atomic E-state index is 12.2. The minimum atomic E-state index is -0.194. The fraction of sp³-hybridized carbons (Fsp3) is 0.368. The van der Waals surface area contributed by atoms with Crippen molar-refractivity contribution in [2.24, 2.45) is 0 Å². The number of phenolic OH excluding ortho intramolecular Hbond substituents is 2. The van der Waals surface area contributed by atoms with Crippen LogP contribution in [0.4, 0.5) is 0 Å². The summed E-state index contributed by atoms with van der Waals surface area (Å²) in [6, 6.07) is 4.54. The van der Waals surface area contributed by atoms with Crippen LogP contribution in [-0.2, 0) is 4.79 Å². The minimum Gasteiger partial charge on any atom is -0.504 e. The molecule has 1 atom stereocenters. The molecular formula is C19H23BrN2O3S2. The molecule has 0 aliphatic carbocycles. The molecule has 146 valence electrons. The Labute approximate surface area is 175 Å². The van der Waals surface area contributed by atoms with E-state index in [9.17, 15) is 15.0 Å². The summed E-state index contributed by atoms with van der Waals surface area (Å²) in [5.41, 5.74) is 3.51. The lowest BCUT2D eigenvalue weighted by Gasteiger charge is -2.06. The summed E-state index contributed by atoms with van der Waals surface area (Å²) in [5.74, 6) is -0.459. The van der Waals surface area contributed by atoms with Gasteiger partial charge in [-0.2, -0.15) is 0 Å². The molecule has 5 nitrogen and oxygen atoms in total. The Morgan fingerprint density at radius 2 is 2.11 bits per heavy atom. The number of alkyl halides is 1. The molecule has 1 unspecified atom stereocenters. The number of amides is 1. The smallest absolute Gasteiger partial charge is 0.238 e. The zero-order valence-electron chi connectivity index (χ0n) is 15.1. The number of unbranched alkanes of at least 4 members (excludes halogenated alkanes) is 2. The van der Waals surface area contributed by atoms with Gasteiger partial charge in [0.25, 0.3) is 0 Å². The summed E-state index contributed by atoms with van der Waals surface area (Å²) >= 11 is 10.2. The first kappa shape index (κ1) is 21.7. The largest absolute Gasteiger partial charge is 0.504 e. The van der Waals surface area contributed by atoms with E-state index in [1.54, 1.807) is 12.1 Å². The number of nitrogens with one attached hydrogen (secondary N) is 1. The molecule has 1 amide bonds. The van der Waals surface area contributed by atoms with Gasteiger partial charge in [0.1, 0.15) is 0 Å². The van der Waals surface area contributed by atoms with Crippen molar-refractivity contribution in [2.75, 3.05) is 5.43 Å². The van der Waals surface area contributed by atoms with E-state index < -0.39 is 0 Å². The predicted molar refractivity (Wildman–Crippen MR) is 117 cm³/mol. The van der Waals surface area contributed by atoms with Crippen molar-refractivity contribution in [1.29, 1.82) is 0 Å². The van der Waals surface area contributed by atoms with Crippen molar-refractivity contribution >= 4 is 58.0 Å². The first-order chi connectivity index (χ1) is 12.8. The van der Waals surface area contributed by atoms with Gasteiger partial charge in [-0.25, -0.2) is 4.68 Å². The van der Waals surface area contributed by atoms with E-state index in [4.69, 9.17) is 12.2 Å². The topological polar surface area (TPSA) is 74.5 Å². The van der Waals surface area contributed by atoms with E-state index in [0.29, 0.717) is 26.1 Å². The minimum absolute atomic E-state index is 0.0884. The van der Waals surface area contributed by atoms with Crippen LogP contribution in [0.5, 0.6) is 11.5 Å².